The molecular weight excluding hydrogens is 358 g/mol. The smallest absolute Gasteiger partial charge is 0.338 e. The van der Waals surface area contributed by atoms with E-state index in [-0.39, 0.29) is 12.6 Å². The minimum absolute atomic E-state index is 0.229. The first-order valence-electron chi connectivity index (χ1n) is 8.14. The molecule has 0 fully saturated rings. The van der Waals surface area contributed by atoms with E-state index in [2.05, 4.69) is 5.32 Å². The van der Waals surface area contributed by atoms with Crippen molar-refractivity contribution in [2.45, 2.75) is 13.0 Å². The summed E-state index contributed by atoms with van der Waals surface area (Å²) >= 11 is 5.85. The van der Waals surface area contributed by atoms with Crippen molar-refractivity contribution in [3.63, 3.8) is 0 Å². The highest BCUT2D eigenvalue weighted by atomic mass is 35.5. The number of rotatable bonds is 5. The van der Waals surface area contributed by atoms with Gasteiger partial charge in [-0.25, -0.2) is 4.79 Å². The van der Waals surface area contributed by atoms with Gasteiger partial charge in [-0.2, -0.15) is 0 Å². The van der Waals surface area contributed by atoms with Gasteiger partial charge in [0, 0.05) is 5.02 Å². The van der Waals surface area contributed by atoms with Crippen molar-refractivity contribution in [1.82, 2.24) is 5.32 Å². The predicted octanol–water partition coefficient (Wildman–Crippen LogP) is 3.15. The summed E-state index contributed by atoms with van der Waals surface area (Å²) in [5, 5.41) is 3.39. The van der Waals surface area contributed by atoms with E-state index < -0.39 is 11.9 Å². The Hall–Kier alpha value is -2.73. The van der Waals surface area contributed by atoms with Gasteiger partial charge >= 0.3 is 5.97 Å². The molecule has 1 atom stereocenters. The second kappa shape index (κ2) is 8.10. The number of halogens is 1. The molecule has 136 valence electrons. The highest BCUT2D eigenvalue weighted by molar-refractivity contribution is 6.30. The van der Waals surface area contributed by atoms with Gasteiger partial charge in [0.15, 0.2) is 18.1 Å². The van der Waals surface area contributed by atoms with Crippen molar-refractivity contribution in [2.75, 3.05) is 19.8 Å². The molecule has 7 heteroatoms. The monoisotopic (exact) mass is 375 g/mol. The molecule has 0 unspecified atom stereocenters. The van der Waals surface area contributed by atoms with Crippen LogP contribution in [0.2, 0.25) is 5.02 Å². The Morgan fingerprint density at radius 3 is 2.54 bits per heavy atom. The number of carbonyl (C=O) groups is 2. The first-order chi connectivity index (χ1) is 12.5. The molecule has 1 N–H and O–H groups in total. The van der Waals surface area contributed by atoms with Crippen LogP contribution in [0.4, 0.5) is 0 Å². The highest BCUT2D eigenvalue weighted by Gasteiger charge is 2.17. The quantitative estimate of drug-likeness (QED) is 0.813. The minimum Gasteiger partial charge on any atom is -0.486 e. The van der Waals surface area contributed by atoms with E-state index in [4.69, 9.17) is 25.8 Å². The first kappa shape index (κ1) is 18.1. The number of hydrogen-bond acceptors (Lipinski definition) is 5. The zero-order valence-corrected chi connectivity index (χ0v) is 14.9. The molecule has 0 saturated heterocycles. The fourth-order valence-electron chi connectivity index (χ4n) is 2.50. The van der Waals surface area contributed by atoms with E-state index in [1.54, 1.807) is 30.3 Å². The van der Waals surface area contributed by atoms with E-state index in [9.17, 15) is 9.59 Å². The van der Waals surface area contributed by atoms with E-state index >= 15 is 0 Å². The summed E-state index contributed by atoms with van der Waals surface area (Å²) in [5.74, 6) is 0.0865. The SMILES string of the molecule is C[C@H](NC(=O)COC(=O)c1ccc2c(c1)OCCO2)c1ccc(Cl)cc1. The molecule has 0 bridgehead atoms. The van der Waals surface area contributed by atoms with Gasteiger partial charge in [0.1, 0.15) is 13.2 Å². The maximum atomic E-state index is 12.1. The van der Waals surface area contributed by atoms with Crippen LogP contribution in [-0.2, 0) is 9.53 Å². The van der Waals surface area contributed by atoms with Gasteiger partial charge in [-0.15, -0.1) is 0 Å². The van der Waals surface area contributed by atoms with Crippen molar-refractivity contribution in [1.29, 1.82) is 0 Å². The van der Waals surface area contributed by atoms with Crippen LogP contribution >= 0.6 is 11.6 Å². The Bertz CT molecular complexity index is 806. The standard InChI is InChI=1S/C19H18ClNO5/c1-12(13-2-5-15(20)6-3-13)21-18(22)11-26-19(23)14-4-7-16-17(10-14)25-9-8-24-16/h2-7,10,12H,8-9,11H2,1H3,(H,21,22)/t12-/m0/s1. The number of hydrogen-bond donors (Lipinski definition) is 1. The fraction of sp³-hybridized carbons (Fsp3) is 0.263. The maximum Gasteiger partial charge on any atom is 0.338 e. The van der Waals surface area contributed by atoms with Gasteiger partial charge in [-0.05, 0) is 42.8 Å². The summed E-state index contributed by atoms with van der Waals surface area (Å²) in [6.45, 7) is 2.37. The van der Waals surface area contributed by atoms with Crippen LogP contribution in [0, 0.1) is 0 Å². The van der Waals surface area contributed by atoms with Gasteiger partial charge in [-0.1, -0.05) is 23.7 Å². The largest absolute Gasteiger partial charge is 0.486 e. The number of fused-ring (bicyclic) bond motifs is 1. The summed E-state index contributed by atoms with van der Waals surface area (Å²) in [4.78, 5) is 24.1. The first-order valence-corrected chi connectivity index (χ1v) is 8.52. The third kappa shape index (κ3) is 4.46. The van der Waals surface area contributed by atoms with Crippen molar-refractivity contribution in [2.24, 2.45) is 0 Å². The fourth-order valence-corrected chi connectivity index (χ4v) is 2.63. The lowest BCUT2D eigenvalue weighted by atomic mass is 10.1. The van der Waals surface area contributed by atoms with Gasteiger partial charge in [0.25, 0.3) is 5.91 Å². The molecule has 1 amide bonds. The van der Waals surface area contributed by atoms with Gasteiger partial charge < -0.3 is 19.5 Å². The molecule has 1 aliphatic rings. The Morgan fingerprint density at radius 1 is 1.12 bits per heavy atom. The highest BCUT2D eigenvalue weighted by Crippen LogP contribution is 2.30. The molecule has 0 saturated carbocycles. The van der Waals surface area contributed by atoms with Crippen LogP contribution in [0.3, 0.4) is 0 Å². The zero-order valence-electron chi connectivity index (χ0n) is 14.2. The molecule has 0 aromatic heterocycles. The topological polar surface area (TPSA) is 73.9 Å². The van der Waals surface area contributed by atoms with Crippen LogP contribution in [0.1, 0.15) is 28.9 Å². The second-order valence-electron chi connectivity index (χ2n) is 5.78. The molecule has 6 nitrogen and oxygen atoms in total. The zero-order chi connectivity index (χ0) is 18.5. The summed E-state index contributed by atoms with van der Waals surface area (Å²) in [6, 6.07) is 11.7. The molecule has 2 aromatic carbocycles. The van der Waals surface area contributed by atoms with E-state index in [1.165, 1.54) is 0 Å². The van der Waals surface area contributed by atoms with Crippen molar-refractivity contribution in [3.8, 4) is 11.5 Å². The van der Waals surface area contributed by atoms with Gasteiger partial charge in [-0.3, -0.25) is 4.79 Å². The lowest BCUT2D eigenvalue weighted by molar-refractivity contribution is -0.124. The Morgan fingerprint density at radius 2 is 1.81 bits per heavy atom. The minimum atomic E-state index is -0.601. The normalized spacial score (nSPS) is 13.6. The molecule has 26 heavy (non-hydrogen) atoms. The van der Waals surface area contributed by atoms with Crippen LogP contribution in [0.25, 0.3) is 0 Å². The Kier molecular flexibility index (Phi) is 5.63. The summed E-state index contributed by atoms with van der Waals surface area (Å²) in [5.41, 5.74) is 1.20. The van der Waals surface area contributed by atoms with Crippen LogP contribution in [0.5, 0.6) is 11.5 Å². The van der Waals surface area contributed by atoms with Crippen LogP contribution in [-0.4, -0.2) is 31.7 Å². The molecule has 1 heterocycles. The maximum absolute atomic E-state index is 12.1. The molecule has 0 radical (unpaired) electrons. The number of nitrogens with one attached hydrogen (secondary N) is 1. The number of esters is 1. The van der Waals surface area contributed by atoms with Crippen molar-refractivity contribution in [3.05, 3.63) is 58.6 Å². The third-order valence-electron chi connectivity index (χ3n) is 3.86. The average Bonchev–Trinajstić information content (AvgIpc) is 2.66. The number of carbonyl (C=O) groups excluding carboxylic acids is 2. The molecule has 2 aromatic rings. The number of ether oxygens (including phenoxy) is 3. The van der Waals surface area contributed by atoms with Crippen LogP contribution in [0.15, 0.2) is 42.5 Å². The second-order valence-corrected chi connectivity index (χ2v) is 6.21. The lowest BCUT2D eigenvalue weighted by Gasteiger charge is -2.18. The van der Waals surface area contributed by atoms with E-state index in [1.807, 2.05) is 19.1 Å². The van der Waals surface area contributed by atoms with Crippen molar-refractivity contribution < 1.29 is 23.8 Å². The van der Waals surface area contributed by atoms with Gasteiger partial charge in [0.05, 0.1) is 11.6 Å². The number of amides is 1. The average molecular weight is 376 g/mol. The van der Waals surface area contributed by atoms with E-state index in [0.717, 1.165) is 5.56 Å². The van der Waals surface area contributed by atoms with E-state index in [0.29, 0.717) is 35.3 Å². The Labute approximate surface area is 156 Å². The Balaban J connectivity index is 1.52. The summed E-state index contributed by atoms with van der Waals surface area (Å²) in [7, 11) is 0. The van der Waals surface area contributed by atoms with Gasteiger partial charge in [0.2, 0.25) is 0 Å². The predicted molar refractivity (Wildman–Crippen MR) is 95.7 cm³/mol. The summed E-state index contributed by atoms with van der Waals surface area (Å²) < 4.78 is 15.9. The summed E-state index contributed by atoms with van der Waals surface area (Å²) in [6.07, 6.45) is 0. The molecule has 3 rings (SSSR count). The van der Waals surface area contributed by atoms with Crippen molar-refractivity contribution >= 4 is 23.5 Å². The number of benzene rings is 2. The third-order valence-corrected chi connectivity index (χ3v) is 4.11. The molecule has 0 spiro atoms. The molecule has 1 aliphatic heterocycles. The lowest BCUT2D eigenvalue weighted by Crippen LogP contribution is -2.31. The van der Waals surface area contributed by atoms with Crippen LogP contribution < -0.4 is 14.8 Å². The molecule has 0 aliphatic carbocycles. The molecular formula is C19H18ClNO5.